The van der Waals surface area contributed by atoms with Gasteiger partial charge in [-0.1, -0.05) is 19.1 Å². The lowest BCUT2D eigenvalue weighted by Crippen LogP contribution is -2.34. The Morgan fingerprint density at radius 3 is 2.62 bits per heavy atom. The maximum atomic E-state index is 14.1. The van der Waals surface area contributed by atoms with Crippen LogP contribution in [0.3, 0.4) is 0 Å². The Labute approximate surface area is 124 Å². The first-order chi connectivity index (χ1) is 10.0. The maximum Gasteiger partial charge on any atom is 0.251 e. The fourth-order valence-electron chi connectivity index (χ4n) is 2.41. The Balaban J connectivity index is 2.05. The van der Waals surface area contributed by atoms with Crippen LogP contribution in [0.15, 0.2) is 18.2 Å². The zero-order valence-corrected chi connectivity index (χ0v) is 12.3. The quantitative estimate of drug-likeness (QED) is 0.836. The van der Waals surface area contributed by atoms with Gasteiger partial charge in [0.05, 0.1) is 5.56 Å². The third-order valence-electron chi connectivity index (χ3n) is 3.73. The number of nitrogens with zero attached hydrogens (tertiary/aromatic N) is 1. The average molecular weight is 292 g/mol. The van der Waals surface area contributed by atoms with Crippen molar-refractivity contribution in [3.8, 4) is 0 Å². The lowest BCUT2D eigenvalue weighted by molar-refractivity contribution is -0.132. The SMILES string of the molecule is CCCN(CCc1cccc(C(N)=O)c1F)C(=O)C1CC1. The summed E-state index contributed by atoms with van der Waals surface area (Å²) in [4.78, 5) is 25.1. The minimum Gasteiger partial charge on any atom is -0.366 e. The number of hydrogen-bond acceptors (Lipinski definition) is 2. The van der Waals surface area contributed by atoms with Crippen molar-refractivity contribution in [1.82, 2.24) is 4.90 Å². The van der Waals surface area contributed by atoms with Crippen LogP contribution in [0.1, 0.15) is 42.1 Å². The van der Waals surface area contributed by atoms with Gasteiger partial charge in [0.2, 0.25) is 5.91 Å². The number of carbonyl (C=O) groups is 2. The van der Waals surface area contributed by atoms with Crippen LogP contribution in [0.2, 0.25) is 0 Å². The molecule has 1 aromatic rings. The van der Waals surface area contributed by atoms with E-state index in [1.54, 1.807) is 17.0 Å². The molecule has 2 amide bonds. The molecule has 4 nitrogen and oxygen atoms in total. The van der Waals surface area contributed by atoms with Crippen LogP contribution in [0.4, 0.5) is 4.39 Å². The molecule has 1 aliphatic carbocycles. The maximum absolute atomic E-state index is 14.1. The molecule has 0 unspecified atom stereocenters. The minimum atomic E-state index is -0.770. The summed E-state index contributed by atoms with van der Waals surface area (Å²) in [5.74, 6) is -1.00. The summed E-state index contributed by atoms with van der Waals surface area (Å²) in [6.07, 6.45) is 3.20. The van der Waals surface area contributed by atoms with Gasteiger partial charge in [0, 0.05) is 19.0 Å². The van der Waals surface area contributed by atoms with Crippen LogP contribution >= 0.6 is 0 Å². The van der Waals surface area contributed by atoms with Crippen molar-refractivity contribution in [3.05, 3.63) is 35.1 Å². The number of nitrogens with two attached hydrogens (primary N) is 1. The lowest BCUT2D eigenvalue weighted by atomic mass is 10.1. The first kappa shape index (κ1) is 15.5. The van der Waals surface area contributed by atoms with Gasteiger partial charge >= 0.3 is 0 Å². The molecule has 0 aromatic heterocycles. The van der Waals surface area contributed by atoms with Crippen LogP contribution in [0.5, 0.6) is 0 Å². The van der Waals surface area contributed by atoms with Gasteiger partial charge in [0.25, 0.3) is 5.91 Å². The first-order valence-corrected chi connectivity index (χ1v) is 7.40. The molecule has 1 fully saturated rings. The fraction of sp³-hybridized carbons (Fsp3) is 0.500. The Morgan fingerprint density at radius 1 is 1.33 bits per heavy atom. The van der Waals surface area contributed by atoms with Crippen LogP contribution in [-0.4, -0.2) is 29.8 Å². The Kier molecular flexibility index (Phi) is 4.94. The lowest BCUT2D eigenvalue weighted by Gasteiger charge is -2.22. The summed E-state index contributed by atoms with van der Waals surface area (Å²) in [5, 5.41) is 0. The second-order valence-electron chi connectivity index (χ2n) is 5.49. The third kappa shape index (κ3) is 3.80. The molecule has 114 valence electrons. The second kappa shape index (κ2) is 6.70. The average Bonchev–Trinajstić information content (AvgIpc) is 3.28. The number of halogens is 1. The van der Waals surface area contributed by atoms with E-state index >= 15 is 0 Å². The van der Waals surface area contributed by atoms with Gasteiger partial charge in [-0.05, 0) is 37.3 Å². The molecule has 21 heavy (non-hydrogen) atoms. The number of amides is 2. The van der Waals surface area contributed by atoms with Gasteiger partial charge in [0.1, 0.15) is 5.82 Å². The fourth-order valence-corrected chi connectivity index (χ4v) is 2.41. The largest absolute Gasteiger partial charge is 0.366 e. The molecule has 0 bridgehead atoms. The van der Waals surface area contributed by atoms with E-state index in [4.69, 9.17) is 5.73 Å². The summed E-state index contributed by atoms with van der Waals surface area (Å²) in [6, 6.07) is 4.62. The minimum absolute atomic E-state index is 0.0944. The Hall–Kier alpha value is -1.91. The van der Waals surface area contributed by atoms with Crippen LogP contribution in [0, 0.1) is 11.7 Å². The van der Waals surface area contributed by atoms with E-state index in [2.05, 4.69) is 0 Å². The van der Waals surface area contributed by atoms with Crippen molar-refractivity contribution in [2.75, 3.05) is 13.1 Å². The number of primary amides is 1. The molecule has 2 rings (SSSR count). The second-order valence-corrected chi connectivity index (χ2v) is 5.49. The van der Waals surface area contributed by atoms with Gasteiger partial charge < -0.3 is 10.6 Å². The summed E-state index contributed by atoms with van der Waals surface area (Å²) in [7, 11) is 0. The van der Waals surface area contributed by atoms with Gasteiger partial charge in [-0.3, -0.25) is 9.59 Å². The standard InChI is InChI=1S/C16H21FN2O2/c1-2-9-19(16(21)12-6-7-12)10-8-11-4-3-5-13(14(11)17)15(18)20/h3-5,12H,2,6-10H2,1H3,(H2,18,20). The Morgan fingerprint density at radius 2 is 2.05 bits per heavy atom. The van der Waals surface area contributed by atoms with Crippen molar-refractivity contribution in [1.29, 1.82) is 0 Å². The first-order valence-electron chi connectivity index (χ1n) is 7.40. The summed E-state index contributed by atoms with van der Waals surface area (Å²) in [5.41, 5.74) is 5.47. The van der Waals surface area contributed by atoms with Crippen LogP contribution in [0.25, 0.3) is 0 Å². The monoisotopic (exact) mass is 292 g/mol. The van der Waals surface area contributed by atoms with Crippen molar-refractivity contribution in [2.45, 2.75) is 32.6 Å². The Bertz CT molecular complexity index is 541. The van der Waals surface area contributed by atoms with E-state index in [0.717, 1.165) is 19.3 Å². The van der Waals surface area contributed by atoms with E-state index in [1.807, 2.05) is 6.92 Å². The normalized spacial score (nSPS) is 14.0. The van der Waals surface area contributed by atoms with Gasteiger partial charge in [-0.25, -0.2) is 4.39 Å². The zero-order chi connectivity index (χ0) is 15.4. The number of hydrogen-bond donors (Lipinski definition) is 1. The molecule has 0 spiro atoms. The molecule has 2 N–H and O–H groups in total. The highest BCUT2D eigenvalue weighted by molar-refractivity contribution is 5.93. The van der Waals surface area contributed by atoms with E-state index in [0.29, 0.717) is 25.1 Å². The molecular formula is C16H21FN2O2. The summed E-state index contributed by atoms with van der Waals surface area (Å²) < 4.78 is 14.1. The van der Waals surface area contributed by atoms with Crippen molar-refractivity contribution in [3.63, 3.8) is 0 Å². The molecule has 0 atom stereocenters. The molecule has 1 saturated carbocycles. The molecule has 0 heterocycles. The molecule has 1 aliphatic rings. The van der Waals surface area contributed by atoms with Gasteiger partial charge in [0.15, 0.2) is 0 Å². The molecule has 0 aliphatic heterocycles. The van der Waals surface area contributed by atoms with Crippen LogP contribution < -0.4 is 5.73 Å². The highest BCUT2D eigenvalue weighted by Gasteiger charge is 2.32. The topological polar surface area (TPSA) is 63.4 Å². The summed E-state index contributed by atoms with van der Waals surface area (Å²) >= 11 is 0. The van der Waals surface area contributed by atoms with Crippen LogP contribution in [-0.2, 0) is 11.2 Å². The molecule has 0 radical (unpaired) electrons. The van der Waals surface area contributed by atoms with Gasteiger partial charge in [-0.2, -0.15) is 0 Å². The predicted octanol–water partition coefficient (Wildman–Crippen LogP) is 2.12. The highest BCUT2D eigenvalue weighted by Crippen LogP contribution is 2.31. The molecular weight excluding hydrogens is 271 g/mol. The number of benzene rings is 1. The van der Waals surface area contributed by atoms with E-state index in [-0.39, 0.29) is 17.4 Å². The third-order valence-corrected chi connectivity index (χ3v) is 3.73. The summed E-state index contributed by atoms with van der Waals surface area (Å²) in [6.45, 7) is 3.18. The van der Waals surface area contributed by atoms with E-state index in [9.17, 15) is 14.0 Å². The van der Waals surface area contributed by atoms with E-state index in [1.165, 1.54) is 6.07 Å². The van der Waals surface area contributed by atoms with Crippen molar-refractivity contribution < 1.29 is 14.0 Å². The number of rotatable bonds is 7. The molecule has 0 saturated heterocycles. The molecule has 1 aromatic carbocycles. The predicted molar refractivity (Wildman–Crippen MR) is 78.2 cm³/mol. The zero-order valence-electron chi connectivity index (χ0n) is 12.3. The highest BCUT2D eigenvalue weighted by atomic mass is 19.1. The van der Waals surface area contributed by atoms with Crippen molar-refractivity contribution >= 4 is 11.8 Å². The smallest absolute Gasteiger partial charge is 0.251 e. The van der Waals surface area contributed by atoms with Gasteiger partial charge in [-0.15, -0.1) is 0 Å². The van der Waals surface area contributed by atoms with Crippen molar-refractivity contribution in [2.24, 2.45) is 11.7 Å². The van der Waals surface area contributed by atoms with E-state index < -0.39 is 11.7 Å². The molecule has 5 heteroatoms. The number of carbonyl (C=O) groups excluding carboxylic acids is 2.